The summed E-state index contributed by atoms with van der Waals surface area (Å²) in [6.07, 6.45) is 25.3. The standard InChI is InChI=1S/C32H40N2.C27H38N2O.CH4/c33-31-20-26(21-32(34)22-31)19-25-8-12-28(13-9-25)30-16-14-29(15-17-30)27-10-6-24(7-11-27)18-23-4-2-1-3-5-23;1-19-2-4-21(5-3-19)18-30-27-12-10-24(11-13-27)23-8-6-20(7-9-23)14-22-15-25(28)17-26(29)16-22;/h1-5,8-9,12-13,20-22,24,27,29-30H,6-7,10-11,14-19,33-34H2;6-9,15-17,19,21,24,27H,2-5,10-14,18,28-29H2,1H3;1H4. The van der Waals surface area contributed by atoms with Crippen LogP contribution in [0.5, 0.6) is 0 Å². The van der Waals surface area contributed by atoms with E-state index in [4.69, 9.17) is 27.7 Å². The van der Waals surface area contributed by atoms with Crippen molar-refractivity contribution in [3.8, 4) is 0 Å². The van der Waals surface area contributed by atoms with Crippen LogP contribution >= 0.6 is 0 Å². The lowest BCUT2D eigenvalue weighted by atomic mass is 9.68. The van der Waals surface area contributed by atoms with E-state index < -0.39 is 0 Å². The van der Waals surface area contributed by atoms with Gasteiger partial charge in [-0.1, -0.05) is 106 Å². The SMILES string of the molecule is C.CC1CCC(COC2CCC(c3ccc(Cc4cc(N)cc(N)c4)cc3)CC2)CC1.Nc1cc(N)cc(Cc2ccc(C3CCC(C4CCC(Cc5ccccc5)CC4)CC3)cc2)c1. The lowest BCUT2D eigenvalue weighted by Gasteiger charge is -2.38. The summed E-state index contributed by atoms with van der Waals surface area (Å²) in [4.78, 5) is 0. The zero-order chi connectivity index (χ0) is 44.3. The van der Waals surface area contributed by atoms with Crippen LogP contribution in [0.1, 0.15) is 168 Å². The van der Waals surface area contributed by atoms with E-state index in [-0.39, 0.29) is 7.43 Å². The third-order valence-electron chi connectivity index (χ3n) is 15.9. The van der Waals surface area contributed by atoms with Gasteiger partial charge in [0.15, 0.2) is 0 Å². The zero-order valence-corrected chi connectivity index (χ0v) is 38.9. The van der Waals surface area contributed by atoms with Crippen molar-refractivity contribution >= 4 is 22.7 Å². The molecule has 8 N–H and O–H groups in total. The summed E-state index contributed by atoms with van der Waals surface area (Å²) < 4.78 is 6.33. The predicted octanol–water partition coefficient (Wildman–Crippen LogP) is 14.7. The van der Waals surface area contributed by atoms with Gasteiger partial charge in [0.25, 0.3) is 0 Å². The molecule has 0 aliphatic heterocycles. The molecule has 0 heterocycles. The normalized spacial score (nSPS) is 25.7. The van der Waals surface area contributed by atoms with Gasteiger partial charge in [0.05, 0.1) is 6.10 Å². The molecule has 0 amide bonds. The van der Waals surface area contributed by atoms with E-state index >= 15 is 0 Å². The summed E-state index contributed by atoms with van der Waals surface area (Å²) in [5.41, 5.74) is 36.2. The van der Waals surface area contributed by atoms with Gasteiger partial charge in [-0.05, 0) is 226 Å². The Morgan fingerprint density at radius 3 is 1.29 bits per heavy atom. The van der Waals surface area contributed by atoms with E-state index in [1.54, 1.807) is 0 Å². The second-order valence-electron chi connectivity index (χ2n) is 20.9. The quantitative estimate of drug-likeness (QED) is 0.0933. The van der Waals surface area contributed by atoms with E-state index in [0.29, 0.717) is 12.0 Å². The van der Waals surface area contributed by atoms with Crippen molar-refractivity contribution in [2.45, 2.75) is 154 Å². The molecule has 65 heavy (non-hydrogen) atoms. The fraction of sp³-hybridized carbons (Fsp3) is 0.500. The Kier molecular flexibility index (Phi) is 17.5. The molecular weight excluding hydrogens is 793 g/mol. The first kappa shape index (κ1) is 48.2. The van der Waals surface area contributed by atoms with Gasteiger partial charge in [-0.2, -0.15) is 0 Å². The van der Waals surface area contributed by atoms with Crippen LogP contribution in [0.15, 0.2) is 115 Å². The van der Waals surface area contributed by atoms with Gasteiger partial charge in [0, 0.05) is 29.4 Å². The molecule has 0 aromatic heterocycles. The minimum atomic E-state index is 0. The number of nitrogen functional groups attached to an aromatic ring is 4. The van der Waals surface area contributed by atoms with Crippen molar-refractivity contribution in [3.05, 3.63) is 154 Å². The van der Waals surface area contributed by atoms with Gasteiger partial charge in [-0.15, -0.1) is 0 Å². The Bertz CT molecular complexity index is 2110. The van der Waals surface area contributed by atoms with Crippen molar-refractivity contribution in [3.63, 3.8) is 0 Å². The lowest BCUT2D eigenvalue weighted by Crippen LogP contribution is -2.26. The third kappa shape index (κ3) is 14.4. The summed E-state index contributed by atoms with van der Waals surface area (Å²) in [6.45, 7) is 3.38. The fourth-order valence-corrected chi connectivity index (χ4v) is 12.0. The average Bonchev–Trinajstić information content (AvgIpc) is 3.30. The van der Waals surface area contributed by atoms with Gasteiger partial charge in [0.2, 0.25) is 0 Å². The number of anilines is 4. The van der Waals surface area contributed by atoms with Gasteiger partial charge < -0.3 is 27.7 Å². The molecule has 0 saturated heterocycles. The zero-order valence-electron chi connectivity index (χ0n) is 38.9. The highest BCUT2D eigenvalue weighted by Gasteiger charge is 2.31. The Morgan fingerprint density at radius 2 is 0.831 bits per heavy atom. The summed E-state index contributed by atoms with van der Waals surface area (Å²) in [6, 6.07) is 41.3. The van der Waals surface area contributed by atoms with Crippen molar-refractivity contribution in [2.75, 3.05) is 29.5 Å². The summed E-state index contributed by atoms with van der Waals surface area (Å²) in [7, 11) is 0. The first-order valence-electron chi connectivity index (χ1n) is 25.3. The minimum Gasteiger partial charge on any atom is -0.399 e. The van der Waals surface area contributed by atoms with Gasteiger partial charge in [0.1, 0.15) is 0 Å². The molecule has 4 saturated carbocycles. The lowest BCUT2D eigenvalue weighted by molar-refractivity contribution is -0.00404. The Hall–Kier alpha value is -4.74. The summed E-state index contributed by atoms with van der Waals surface area (Å²) in [5.74, 6) is 5.98. The van der Waals surface area contributed by atoms with Crippen molar-refractivity contribution < 1.29 is 4.74 Å². The molecule has 348 valence electrons. The molecule has 0 unspecified atom stereocenters. The van der Waals surface area contributed by atoms with Crippen molar-refractivity contribution in [1.82, 2.24) is 0 Å². The van der Waals surface area contributed by atoms with Crippen molar-refractivity contribution in [1.29, 1.82) is 0 Å². The maximum atomic E-state index is 6.33. The third-order valence-corrected chi connectivity index (χ3v) is 15.9. The van der Waals surface area contributed by atoms with Crippen LogP contribution in [-0.4, -0.2) is 12.7 Å². The Balaban J connectivity index is 0.000000192. The minimum absolute atomic E-state index is 0. The topological polar surface area (TPSA) is 113 Å². The first-order chi connectivity index (χ1) is 31.2. The fourth-order valence-electron chi connectivity index (χ4n) is 12.0. The van der Waals surface area contributed by atoms with E-state index in [1.807, 2.05) is 36.4 Å². The van der Waals surface area contributed by atoms with Gasteiger partial charge in [-0.25, -0.2) is 0 Å². The molecule has 4 fully saturated rings. The van der Waals surface area contributed by atoms with Crippen LogP contribution in [0.3, 0.4) is 0 Å². The van der Waals surface area contributed by atoms with Gasteiger partial charge >= 0.3 is 0 Å². The maximum Gasteiger partial charge on any atom is 0.0575 e. The summed E-state index contributed by atoms with van der Waals surface area (Å²) in [5, 5.41) is 0. The molecular formula is C60H82N4O. The van der Waals surface area contributed by atoms with Gasteiger partial charge in [-0.3, -0.25) is 0 Å². The first-order valence-corrected chi connectivity index (χ1v) is 25.3. The van der Waals surface area contributed by atoms with E-state index in [2.05, 4.69) is 85.8 Å². The predicted molar refractivity (Wildman–Crippen MR) is 278 cm³/mol. The number of rotatable bonds is 12. The van der Waals surface area contributed by atoms with Crippen LogP contribution in [-0.2, 0) is 24.0 Å². The highest BCUT2D eigenvalue weighted by molar-refractivity contribution is 5.56. The number of benzene rings is 5. The van der Waals surface area contributed by atoms with Crippen LogP contribution in [0.2, 0.25) is 0 Å². The van der Waals surface area contributed by atoms with Crippen LogP contribution in [0.4, 0.5) is 22.7 Å². The number of hydrogen-bond donors (Lipinski definition) is 4. The highest BCUT2D eigenvalue weighted by Crippen LogP contribution is 2.44. The monoisotopic (exact) mass is 875 g/mol. The molecule has 0 spiro atoms. The molecule has 5 aromatic carbocycles. The number of nitrogens with two attached hydrogens (primary N) is 4. The maximum absolute atomic E-state index is 6.33. The van der Waals surface area contributed by atoms with Crippen LogP contribution < -0.4 is 22.9 Å². The molecule has 0 atom stereocenters. The average molecular weight is 875 g/mol. The second kappa shape index (κ2) is 23.6. The van der Waals surface area contributed by atoms with E-state index in [1.165, 1.54) is 148 Å². The Labute approximate surface area is 393 Å². The van der Waals surface area contributed by atoms with E-state index in [9.17, 15) is 0 Å². The number of ether oxygens (including phenoxy) is 1. The summed E-state index contributed by atoms with van der Waals surface area (Å²) >= 11 is 0. The van der Waals surface area contributed by atoms with Crippen LogP contribution in [0, 0.1) is 29.6 Å². The number of hydrogen-bond acceptors (Lipinski definition) is 5. The van der Waals surface area contributed by atoms with Crippen molar-refractivity contribution in [2.24, 2.45) is 29.6 Å². The molecule has 0 radical (unpaired) electrons. The molecule has 5 nitrogen and oxygen atoms in total. The highest BCUT2D eigenvalue weighted by atomic mass is 16.5. The molecule has 0 bridgehead atoms. The second-order valence-corrected chi connectivity index (χ2v) is 20.9. The molecule has 5 aromatic rings. The Morgan fingerprint density at radius 1 is 0.415 bits per heavy atom. The largest absolute Gasteiger partial charge is 0.399 e. The van der Waals surface area contributed by atoms with E-state index in [0.717, 1.165) is 77.7 Å². The molecule has 9 rings (SSSR count). The molecule has 4 aliphatic rings. The molecule has 5 heteroatoms. The smallest absolute Gasteiger partial charge is 0.0575 e. The molecule has 4 aliphatic carbocycles. The van der Waals surface area contributed by atoms with Crippen LogP contribution in [0.25, 0.3) is 0 Å².